The molecular formula is C63H76F3N10O13P. The van der Waals surface area contributed by atoms with E-state index in [1.807, 2.05) is 78.9 Å². The van der Waals surface area contributed by atoms with Crippen LogP contribution in [-0.4, -0.2) is 139 Å². The quantitative estimate of drug-likeness (QED) is 0.0127. The van der Waals surface area contributed by atoms with Gasteiger partial charge in [-0.25, -0.2) is 19.4 Å². The van der Waals surface area contributed by atoms with E-state index in [4.69, 9.17) is 32.7 Å². The molecule has 6 rings (SSSR count). The molecule has 0 aliphatic carbocycles. The van der Waals surface area contributed by atoms with Crippen molar-refractivity contribution in [2.45, 2.75) is 116 Å². The molecule has 0 saturated carbocycles. The lowest BCUT2D eigenvalue weighted by Crippen LogP contribution is -2.42. The van der Waals surface area contributed by atoms with Crippen LogP contribution in [0.2, 0.25) is 0 Å². The van der Waals surface area contributed by atoms with Crippen LogP contribution in [0.3, 0.4) is 0 Å². The maximum absolute atomic E-state index is 14.0. The van der Waals surface area contributed by atoms with Crippen molar-refractivity contribution in [1.82, 2.24) is 35.2 Å². The third kappa shape index (κ3) is 19.5. The number of carbonyl (C=O) groups is 5. The van der Waals surface area contributed by atoms with Crippen LogP contribution >= 0.6 is 8.53 Å². The molecule has 6 aromatic rings. The summed E-state index contributed by atoms with van der Waals surface area (Å²) in [6.07, 6.45) is -4.46. The number of halogens is 3. The molecule has 4 aromatic carbocycles. The second kappa shape index (κ2) is 33.9. The van der Waals surface area contributed by atoms with Crippen LogP contribution in [-0.2, 0) is 54.6 Å². The number of nitrogens with one attached hydrogen (secondary N) is 4. The molecule has 3 atom stereocenters. The van der Waals surface area contributed by atoms with Gasteiger partial charge in [0.15, 0.2) is 11.2 Å². The van der Waals surface area contributed by atoms with Crippen molar-refractivity contribution >= 4 is 60.9 Å². The Morgan fingerprint density at radius 3 is 1.97 bits per heavy atom. The Morgan fingerprint density at radius 2 is 1.40 bits per heavy atom. The van der Waals surface area contributed by atoms with Gasteiger partial charge in [0.05, 0.1) is 71.6 Å². The largest absolute Gasteiger partial charge is 0.497 e. The Hall–Kier alpha value is -8.44. The normalized spacial score (nSPS) is 12.7. The van der Waals surface area contributed by atoms with Crippen LogP contribution < -0.4 is 35.9 Å². The summed E-state index contributed by atoms with van der Waals surface area (Å²) >= 11 is 0. The minimum atomic E-state index is -5.36. The standard InChI is InChI=1S/C63H76F3N10O13P/c1-40(2)56(78)73-61-72-55-54(58(80)74-61)70-47(37-69-55)38-75(60(82)63(64,65)66)48-23-17-43(18-24-48)57(79)71-52(59(81)85-9)29-30-53(77)68-33-14-34-86-36-31-51(89-90(88-35-13-32-67)76(41(3)4)42(5)6)39-87-62(44-15-11-10-12-16-44,45-19-25-49(83-7)26-20-45)46-21-27-50(84-8)28-22-46/h10-12,15-28,37,40-42,51-52H,13-14,29-31,33-36,38-39H2,1-9H3,(H,68,77)(H,71,79)(H2,69,72,73,74,78,80)/t51-,52+,90?/m0/s1. The predicted molar refractivity (Wildman–Crippen MR) is 329 cm³/mol. The number of aromatic nitrogens is 4. The van der Waals surface area contributed by atoms with Gasteiger partial charge in [-0.15, -0.1) is 0 Å². The monoisotopic (exact) mass is 1270 g/mol. The van der Waals surface area contributed by atoms with E-state index in [1.165, 1.54) is 0 Å². The molecule has 0 spiro atoms. The summed E-state index contributed by atoms with van der Waals surface area (Å²) in [5.74, 6) is -4.24. The van der Waals surface area contributed by atoms with Crippen LogP contribution in [0.4, 0.5) is 24.8 Å². The molecule has 4 amide bonds. The fourth-order valence-corrected chi connectivity index (χ4v) is 11.1. The van der Waals surface area contributed by atoms with Gasteiger partial charge in [0.25, 0.3) is 20.0 Å². The highest BCUT2D eigenvalue weighted by molar-refractivity contribution is 7.44. The Labute approximate surface area is 521 Å². The van der Waals surface area contributed by atoms with E-state index in [2.05, 4.69) is 74.3 Å². The molecule has 0 radical (unpaired) electrons. The average Bonchev–Trinajstić information content (AvgIpc) is 0.788. The lowest BCUT2D eigenvalue weighted by molar-refractivity contribution is -0.170. The number of nitriles is 1. The Kier molecular flexibility index (Phi) is 26.6. The molecule has 0 saturated heterocycles. The average molecular weight is 1270 g/mol. The van der Waals surface area contributed by atoms with Crippen LogP contribution in [0.15, 0.2) is 114 Å². The van der Waals surface area contributed by atoms with Gasteiger partial charge in [-0.05, 0) is 112 Å². The van der Waals surface area contributed by atoms with Gasteiger partial charge in [-0.1, -0.05) is 68.4 Å². The molecule has 90 heavy (non-hydrogen) atoms. The van der Waals surface area contributed by atoms with E-state index in [1.54, 1.807) is 28.1 Å². The minimum Gasteiger partial charge on any atom is -0.497 e. The smallest absolute Gasteiger partial charge is 0.471 e. The highest BCUT2D eigenvalue weighted by Gasteiger charge is 2.44. The number of hydrogen-bond donors (Lipinski definition) is 4. The first-order chi connectivity index (χ1) is 43.0. The van der Waals surface area contributed by atoms with Gasteiger partial charge >= 0.3 is 18.1 Å². The summed E-state index contributed by atoms with van der Waals surface area (Å²) in [4.78, 5) is 92.1. The van der Waals surface area contributed by atoms with Gasteiger partial charge in [0.1, 0.15) is 23.1 Å². The van der Waals surface area contributed by atoms with E-state index in [0.717, 1.165) is 54.3 Å². The van der Waals surface area contributed by atoms with Gasteiger partial charge in [-0.3, -0.25) is 39.2 Å². The number of benzene rings is 4. The number of alkyl halides is 3. The topological polar surface area (TPSA) is 288 Å². The van der Waals surface area contributed by atoms with E-state index >= 15 is 0 Å². The van der Waals surface area contributed by atoms with Crippen molar-refractivity contribution in [3.8, 4) is 17.6 Å². The predicted octanol–water partition coefficient (Wildman–Crippen LogP) is 9.05. The van der Waals surface area contributed by atoms with Crippen molar-refractivity contribution < 1.29 is 69.9 Å². The summed E-state index contributed by atoms with van der Waals surface area (Å²) in [6, 6.07) is 30.5. The number of methoxy groups -OCH3 is 3. The number of rotatable bonds is 34. The van der Waals surface area contributed by atoms with Crippen molar-refractivity contribution in [1.29, 1.82) is 5.26 Å². The van der Waals surface area contributed by atoms with Crippen LogP contribution in [0.25, 0.3) is 11.2 Å². The molecule has 482 valence electrons. The van der Waals surface area contributed by atoms with E-state index in [-0.39, 0.29) is 98.4 Å². The second-order valence-corrected chi connectivity index (χ2v) is 22.7. The summed E-state index contributed by atoms with van der Waals surface area (Å²) in [5, 5.41) is 17.2. The van der Waals surface area contributed by atoms with Crippen LogP contribution in [0, 0.1) is 17.2 Å². The van der Waals surface area contributed by atoms with Crippen molar-refractivity contribution in [2.75, 3.05) is 64.5 Å². The minimum absolute atomic E-state index is 0.0152. The Bertz CT molecular complexity index is 3370. The second-order valence-electron chi connectivity index (χ2n) is 21.3. The zero-order valence-corrected chi connectivity index (χ0v) is 52.5. The zero-order chi connectivity index (χ0) is 65.5. The van der Waals surface area contributed by atoms with E-state index in [0.29, 0.717) is 29.2 Å². The maximum atomic E-state index is 14.0. The number of anilines is 2. The Balaban J connectivity index is 1.08. The fraction of sp³-hybridized carbons (Fsp3) is 0.429. The number of nitrogens with zero attached hydrogens (tertiary/aromatic N) is 6. The van der Waals surface area contributed by atoms with Gasteiger partial charge in [-0.2, -0.15) is 23.4 Å². The number of fused-ring (bicyclic) bond motifs is 1. The third-order valence-corrected chi connectivity index (χ3v) is 16.0. The highest BCUT2D eigenvalue weighted by atomic mass is 31.2. The number of esters is 1. The van der Waals surface area contributed by atoms with Gasteiger partial charge < -0.3 is 43.4 Å². The summed E-state index contributed by atoms with van der Waals surface area (Å²) in [5.41, 5.74) is -0.790. The number of amides is 4. The molecule has 0 aliphatic rings. The fourth-order valence-electron chi connectivity index (χ4n) is 9.33. The Morgan fingerprint density at radius 1 is 0.778 bits per heavy atom. The number of carbonyl (C=O) groups excluding carboxylic acids is 5. The number of H-pyrrole nitrogens is 1. The number of hydrogen-bond acceptors (Lipinski definition) is 18. The summed E-state index contributed by atoms with van der Waals surface area (Å²) in [6.45, 7) is 11.5. The first-order valence-corrected chi connectivity index (χ1v) is 30.2. The molecule has 0 bridgehead atoms. The highest BCUT2D eigenvalue weighted by Crippen LogP contribution is 2.49. The number of aromatic amines is 1. The van der Waals surface area contributed by atoms with Crippen LogP contribution in [0.1, 0.15) is 106 Å². The molecule has 23 nitrogen and oxygen atoms in total. The molecule has 0 aliphatic heterocycles. The molecular weight excluding hydrogens is 1190 g/mol. The summed E-state index contributed by atoms with van der Waals surface area (Å²) in [7, 11) is 2.59. The molecule has 2 aromatic heterocycles. The molecule has 4 N–H and O–H groups in total. The summed E-state index contributed by atoms with van der Waals surface area (Å²) < 4.78 is 86.8. The van der Waals surface area contributed by atoms with Crippen LogP contribution in [0.5, 0.6) is 11.5 Å². The van der Waals surface area contributed by atoms with Crippen molar-refractivity contribution in [3.05, 3.63) is 148 Å². The maximum Gasteiger partial charge on any atom is 0.471 e. The lowest BCUT2D eigenvalue weighted by Gasteiger charge is -2.39. The first kappa shape index (κ1) is 70.6. The first-order valence-electron chi connectivity index (χ1n) is 29.1. The van der Waals surface area contributed by atoms with Crippen molar-refractivity contribution in [2.24, 2.45) is 5.92 Å². The molecule has 27 heteroatoms. The SMILES string of the molecule is COC(=O)[C@@H](CCC(=O)NCCCOCC[C@@H](COC(c1ccccc1)(c1ccc(OC)cc1)c1ccc(OC)cc1)OP(OCCC#N)N(C(C)C)C(C)C)NC(=O)c1ccc(N(Cc2cnc3nc(NC(=O)C(C)C)[nH]c(=O)c3n2)C(=O)C(F)(F)F)cc1. The van der Waals surface area contributed by atoms with Gasteiger partial charge in [0.2, 0.25) is 17.8 Å². The van der Waals surface area contributed by atoms with Crippen molar-refractivity contribution in [3.63, 3.8) is 0 Å². The van der Waals surface area contributed by atoms with E-state index < -0.39 is 80.1 Å². The molecule has 0 fully saturated rings. The zero-order valence-electron chi connectivity index (χ0n) is 51.6. The van der Waals surface area contributed by atoms with Gasteiger partial charge in [0, 0.05) is 55.4 Å². The molecule has 1 unspecified atom stereocenters. The third-order valence-electron chi connectivity index (χ3n) is 13.9. The van der Waals surface area contributed by atoms with E-state index in [9.17, 15) is 47.2 Å². The lowest BCUT2D eigenvalue weighted by atomic mass is 9.80. The molecule has 2 heterocycles. The number of ether oxygens (including phenoxy) is 5.